The van der Waals surface area contributed by atoms with Crippen LogP contribution >= 0.6 is 0 Å². The number of likely N-dealkylation sites (tertiary alicyclic amines) is 2. The number of halogens is 8. The van der Waals surface area contributed by atoms with Crippen molar-refractivity contribution >= 4 is 6.09 Å². The van der Waals surface area contributed by atoms with Crippen LogP contribution in [0.4, 0.5) is 39.9 Å². The predicted molar refractivity (Wildman–Crippen MR) is 527 cm³/mol. The average Bonchev–Trinajstić information content (AvgIpc) is 0.835. The Morgan fingerprint density at radius 1 is 0.508 bits per heavy atom. The number of hydrogen-bond acceptors (Lipinski definition) is 11. The van der Waals surface area contributed by atoms with Crippen molar-refractivity contribution in [2.24, 2.45) is 77.8 Å². The summed E-state index contributed by atoms with van der Waals surface area (Å²) in [6.45, 7) is 78.5. The Hall–Kier alpha value is -6.06. The third-order valence-electron chi connectivity index (χ3n) is 22.5. The molecule has 130 heavy (non-hydrogen) atoms. The van der Waals surface area contributed by atoms with E-state index >= 15 is 0 Å². The third kappa shape index (κ3) is 64.8. The zero-order chi connectivity index (χ0) is 99.8. The number of pyridine rings is 5. The molecular weight excluding hydrogens is 1650 g/mol. The highest BCUT2D eigenvalue weighted by atomic mass is 19.3. The van der Waals surface area contributed by atoms with Gasteiger partial charge in [-0.1, -0.05) is 232 Å². The van der Waals surface area contributed by atoms with Crippen molar-refractivity contribution in [3.05, 3.63) is 149 Å². The van der Waals surface area contributed by atoms with Crippen LogP contribution in [0.25, 0.3) is 0 Å². The van der Waals surface area contributed by atoms with Gasteiger partial charge in [-0.25, -0.2) is 36.7 Å². The number of methoxy groups -OCH3 is 1. The second-order valence-electron chi connectivity index (χ2n) is 49.9. The lowest BCUT2D eigenvalue weighted by Gasteiger charge is -2.36. The molecule has 9 heterocycles. The maximum Gasteiger partial charge on any atom is 0.410 e. The Morgan fingerprint density at radius 2 is 0.985 bits per heavy atom. The molecule has 13 nitrogen and oxygen atoms in total. The Balaban J connectivity index is 0.000000725. The van der Waals surface area contributed by atoms with Crippen molar-refractivity contribution in [3.8, 4) is 5.88 Å². The lowest BCUT2D eigenvalue weighted by Crippen LogP contribution is -2.43. The number of carbonyl (C=O) groups excluding carboxylic acids is 1. The van der Waals surface area contributed by atoms with E-state index in [0.29, 0.717) is 52.7 Å². The number of nitrogens with zero attached hydrogens (tertiary/aromatic N) is 7. The normalized spacial score (nSPS) is 17.1. The van der Waals surface area contributed by atoms with Gasteiger partial charge < -0.3 is 29.6 Å². The fourth-order valence-corrected chi connectivity index (χ4v) is 15.4. The SMILES string of the molecule is CC(C)(C)C1CCC(F)(F)CC1.CC(C)(C)C1CCOCC1.CC(C)(C)CC(F)(F)c1ccccn1.CC(C)(C)CCC1CCN(C(=O)OC(C)(C)C)CC1.CC(C)(C)CCC1CCNCC1.CC(C)(C)CCN1CCCC(F)(F)C1.CC(C)(C)Cc1ccc(F)nc1.CC(C)(C)Cc1cccc[n+]1[O-].CC(C)(C)Cc1cncc(F)c1.COc1ccc(CC(C)(C)C)cn1. The first-order chi connectivity index (χ1) is 59.1. The quantitative estimate of drug-likeness (QED) is 0.0521. The second kappa shape index (κ2) is 55.2. The Kier molecular flexibility index (Phi) is 51.8. The molecule has 5 aliphatic rings. The van der Waals surface area contributed by atoms with Gasteiger partial charge >= 0.3 is 6.09 Å². The van der Waals surface area contributed by atoms with Gasteiger partial charge in [0.05, 0.1) is 19.9 Å². The minimum Gasteiger partial charge on any atom is -0.619 e. The molecule has 1 saturated carbocycles. The Bertz CT molecular complexity index is 3800. The van der Waals surface area contributed by atoms with E-state index in [1.807, 2.05) is 55.0 Å². The highest BCUT2D eigenvalue weighted by Gasteiger charge is 2.40. The van der Waals surface area contributed by atoms with Crippen LogP contribution in [0.1, 0.15) is 372 Å². The van der Waals surface area contributed by atoms with Gasteiger partial charge in [0, 0.05) is 101 Å². The van der Waals surface area contributed by atoms with Gasteiger partial charge in [-0.05, 0) is 275 Å². The minimum atomic E-state index is -2.83. The van der Waals surface area contributed by atoms with Crippen molar-refractivity contribution in [2.45, 2.75) is 393 Å². The summed E-state index contributed by atoms with van der Waals surface area (Å²) in [6.07, 6.45) is 28.9. The number of nitrogens with one attached hydrogen (secondary N) is 1. The molecule has 748 valence electrons. The van der Waals surface area contributed by atoms with Crippen molar-refractivity contribution in [1.29, 1.82) is 0 Å². The molecule has 1 amide bonds. The number of amides is 1. The molecule has 1 aliphatic carbocycles. The number of hydrogen-bond donors (Lipinski definition) is 1. The van der Waals surface area contributed by atoms with Crippen LogP contribution in [0.5, 0.6) is 5.88 Å². The number of rotatable bonds is 13. The van der Waals surface area contributed by atoms with Gasteiger partial charge in [-0.15, -0.1) is 0 Å². The summed E-state index contributed by atoms with van der Waals surface area (Å²) >= 11 is 0. The zero-order valence-electron chi connectivity index (χ0n) is 88.2. The topological polar surface area (TPSA) is 142 Å². The Morgan fingerprint density at radius 3 is 1.38 bits per heavy atom. The molecule has 5 aromatic rings. The first-order valence-electron chi connectivity index (χ1n) is 48.5. The largest absolute Gasteiger partial charge is 0.619 e. The summed E-state index contributed by atoms with van der Waals surface area (Å²) < 4.78 is 120. The maximum absolute atomic E-state index is 13.6. The van der Waals surface area contributed by atoms with Crippen LogP contribution in [0.2, 0.25) is 0 Å². The fraction of sp³-hybridized carbons (Fsp3) is 0.761. The van der Waals surface area contributed by atoms with Gasteiger partial charge in [-0.3, -0.25) is 14.9 Å². The average molecular weight is 1840 g/mol. The molecule has 4 saturated heterocycles. The lowest BCUT2D eigenvalue weighted by atomic mass is 9.71. The van der Waals surface area contributed by atoms with Crippen molar-refractivity contribution in [1.82, 2.24) is 35.1 Å². The highest BCUT2D eigenvalue weighted by Crippen LogP contribution is 2.44. The minimum absolute atomic E-state index is 0.0386. The van der Waals surface area contributed by atoms with E-state index in [9.17, 15) is 45.1 Å². The summed E-state index contributed by atoms with van der Waals surface area (Å²) in [5, 5.41) is 14.6. The van der Waals surface area contributed by atoms with E-state index in [-0.39, 0.29) is 82.5 Å². The molecule has 0 spiro atoms. The molecule has 1 N–H and O–H groups in total. The molecular formula is C109H186F8N8O5. The van der Waals surface area contributed by atoms with E-state index < -0.39 is 29.1 Å². The number of piperidine rings is 3. The molecule has 4 aliphatic heterocycles. The predicted octanol–water partition coefficient (Wildman–Crippen LogP) is 30.6. The van der Waals surface area contributed by atoms with Crippen molar-refractivity contribution in [2.75, 3.05) is 66.1 Å². The van der Waals surface area contributed by atoms with Crippen LogP contribution in [0.15, 0.2) is 104 Å². The summed E-state index contributed by atoms with van der Waals surface area (Å²) in [5.74, 6) is -4.50. The smallest absolute Gasteiger partial charge is 0.410 e. The Labute approximate surface area is 787 Å². The highest BCUT2D eigenvalue weighted by molar-refractivity contribution is 5.68. The van der Waals surface area contributed by atoms with Gasteiger partial charge in [0.25, 0.3) is 11.8 Å². The molecule has 0 atom stereocenters. The number of aromatic nitrogens is 5. The summed E-state index contributed by atoms with van der Waals surface area (Å²) in [4.78, 5) is 30.9. The van der Waals surface area contributed by atoms with Gasteiger partial charge in [0.1, 0.15) is 17.1 Å². The van der Waals surface area contributed by atoms with Crippen LogP contribution in [-0.4, -0.2) is 119 Å². The summed E-state index contributed by atoms with van der Waals surface area (Å²) in [5.41, 5.74) is 6.01. The van der Waals surface area contributed by atoms with Gasteiger partial charge in [0.15, 0.2) is 11.9 Å². The first-order valence-corrected chi connectivity index (χ1v) is 48.5. The van der Waals surface area contributed by atoms with Crippen LogP contribution in [0, 0.1) is 94.8 Å². The van der Waals surface area contributed by atoms with Crippen molar-refractivity contribution < 1.29 is 58.9 Å². The summed E-state index contributed by atoms with van der Waals surface area (Å²) in [6, 6.07) is 18.8. The van der Waals surface area contributed by atoms with Crippen LogP contribution in [-0.2, 0) is 41.1 Å². The second-order valence-corrected chi connectivity index (χ2v) is 49.9. The van der Waals surface area contributed by atoms with Crippen LogP contribution in [0.3, 0.4) is 0 Å². The number of ether oxygens (including phenoxy) is 3. The lowest BCUT2D eigenvalue weighted by molar-refractivity contribution is -0.614. The van der Waals surface area contributed by atoms with Crippen LogP contribution < -0.4 is 14.8 Å². The number of alkyl halides is 6. The molecule has 0 aromatic carbocycles. The van der Waals surface area contributed by atoms with E-state index in [2.05, 4.69) is 218 Å². The molecule has 0 radical (unpaired) electrons. The maximum atomic E-state index is 13.6. The van der Waals surface area contributed by atoms with Gasteiger partial charge in [0.2, 0.25) is 17.8 Å². The fourth-order valence-electron chi connectivity index (χ4n) is 15.4. The van der Waals surface area contributed by atoms with E-state index in [1.54, 1.807) is 70.7 Å². The summed E-state index contributed by atoms with van der Waals surface area (Å²) in [7, 11) is 1.63. The molecule has 5 aromatic heterocycles. The monoisotopic (exact) mass is 1840 g/mol. The molecule has 5 fully saturated rings. The third-order valence-corrected chi connectivity index (χ3v) is 22.5. The standard InChI is InChI=1S/C16H31NO2.C11H21F2N.C11H15F2N.C11H17NO.C11H23N.C10H18F2.2C10H14FN.C10H15NO.C9H18O/c1-15(2,3)10-7-13-8-11-17(12-9-13)14(18)19-16(4,5)6;1-10(2,3)6-8-14-7-4-5-11(12,13)9-14;1-10(2,3)8-11(12,13)9-6-4-5-7-14-9;1-11(2,3)7-9-5-6-10(13-4)12-8-9;1-11(2,3)7-4-10-5-8-12-9-6-10;1-9(2,3)8-4-6-10(11,12)7-5-8;1-10(2,3)5-8-4-9(11)7-12-6-8;1-10(2,3)6-8-4-5-9(11)12-7-8;1-10(2,3)8-9-6-4-5-7-11(9)12;1-9(2,3)8-4-6-10-7-5-8/h13H,7-12H2,1-6H3;4-9H2,1-3H3;4-7H,8H2,1-3H3;5-6,8H,7H2,1-4H3;10,12H,4-9H2,1-3H3;8H,4-7H2,1-3H3;4,6-7H,5H2,1-3H3;4-5,7H,6H2,1-3H3;4-7H,8H2,1-3H3;8H,4-7H2,1-3H3. The van der Waals surface area contributed by atoms with Crippen molar-refractivity contribution in [3.63, 3.8) is 0 Å². The molecule has 21 heteroatoms. The van der Waals surface area contributed by atoms with E-state index in [1.165, 1.54) is 101 Å². The van der Waals surface area contributed by atoms with E-state index in [0.717, 1.165) is 124 Å². The van der Waals surface area contributed by atoms with Gasteiger partial charge in [-0.2, -0.15) is 17.9 Å². The first kappa shape index (κ1) is 122. The molecule has 0 bridgehead atoms. The zero-order valence-corrected chi connectivity index (χ0v) is 88.2. The number of carbonyl (C=O) groups is 1. The molecule has 10 rings (SSSR count). The van der Waals surface area contributed by atoms with E-state index in [4.69, 9.17) is 14.2 Å². The molecule has 0 unspecified atom stereocenters.